The number of hydrogen-bond acceptors (Lipinski definition) is 4. The van der Waals surface area contributed by atoms with E-state index in [4.69, 9.17) is 0 Å². The lowest BCUT2D eigenvalue weighted by molar-refractivity contribution is -0.148. The Morgan fingerprint density at radius 1 is 0.528 bits per heavy atom. The number of benzene rings is 2. The van der Waals surface area contributed by atoms with Crippen LogP contribution < -0.4 is 9.80 Å². The zero-order valence-corrected chi connectivity index (χ0v) is 20.3. The predicted octanol–water partition coefficient (Wildman–Crippen LogP) is 4.09. The molecule has 0 spiro atoms. The summed E-state index contributed by atoms with van der Waals surface area (Å²) in [7, 11) is 0. The molecule has 0 N–H and O–H groups in total. The van der Waals surface area contributed by atoms with Crippen LogP contribution in [0.15, 0.2) is 72.8 Å². The van der Waals surface area contributed by atoms with Crippen molar-refractivity contribution in [1.82, 2.24) is 0 Å². The second-order valence-electron chi connectivity index (χ2n) is 10.0. The molecule has 182 valence electrons. The standard InChI is InChI=1S/C30H28N2O4/c1-3-17-9-5-7-11-23(17)31-27(33)19-13-15-21-26-22(16-14-20(25(19)26)28(31)34)30(36)32(29(21)35)24-12-8-6-10-18(24)4-2/h5-16,19-22,25-26H,3-4H2,1-2H3. The van der Waals surface area contributed by atoms with Crippen LogP contribution in [0.25, 0.3) is 0 Å². The van der Waals surface area contributed by atoms with Gasteiger partial charge < -0.3 is 0 Å². The largest absolute Gasteiger partial charge is 0.273 e. The topological polar surface area (TPSA) is 74.8 Å². The van der Waals surface area contributed by atoms with Crippen LogP contribution >= 0.6 is 0 Å². The third-order valence-electron chi connectivity index (χ3n) is 8.40. The summed E-state index contributed by atoms with van der Waals surface area (Å²) in [5.41, 5.74) is 3.11. The summed E-state index contributed by atoms with van der Waals surface area (Å²) in [6.45, 7) is 4.00. The molecule has 4 unspecified atom stereocenters. The Balaban J connectivity index is 1.44. The van der Waals surface area contributed by atoms with E-state index in [0.717, 1.165) is 11.1 Å². The van der Waals surface area contributed by atoms with Crippen molar-refractivity contribution in [1.29, 1.82) is 0 Å². The lowest BCUT2D eigenvalue weighted by atomic mass is 9.55. The fraction of sp³-hybridized carbons (Fsp3) is 0.333. The molecule has 2 aromatic carbocycles. The first-order valence-electron chi connectivity index (χ1n) is 12.8. The average Bonchev–Trinajstić information content (AvgIpc) is 2.91. The number of aryl methyl sites for hydroxylation is 2. The van der Waals surface area contributed by atoms with Crippen LogP contribution in [-0.4, -0.2) is 23.6 Å². The van der Waals surface area contributed by atoms with Gasteiger partial charge in [0.2, 0.25) is 23.6 Å². The molecule has 2 aliphatic heterocycles. The highest BCUT2D eigenvalue weighted by atomic mass is 16.2. The zero-order valence-electron chi connectivity index (χ0n) is 20.3. The van der Waals surface area contributed by atoms with E-state index < -0.39 is 35.5 Å². The van der Waals surface area contributed by atoms with Crippen LogP contribution in [0.1, 0.15) is 25.0 Å². The van der Waals surface area contributed by atoms with Gasteiger partial charge in [-0.3, -0.25) is 19.2 Å². The molecule has 6 heteroatoms. The number of carbonyl (C=O) groups is 4. The van der Waals surface area contributed by atoms with Crippen molar-refractivity contribution in [2.24, 2.45) is 35.5 Å². The highest BCUT2D eigenvalue weighted by Crippen LogP contribution is 2.53. The van der Waals surface area contributed by atoms with Gasteiger partial charge in [0.1, 0.15) is 0 Å². The number of amides is 4. The molecule has 4 atom stereocenters. The summed E-state index contributed by atoms with van der Waals surface area (Å²) in [6.07, 6.45) is 8.63. The Labute approximate surface area is 210 Å². The Morgan fingerprint density at radius 3 is 1.14 bits per heavy atom. The molecular weight excluding hydrogens is 452 g/mol. The van der Waals surface area contributed by atoms with Gasteiger partial charge in [-0.2, -0.15) is 0 Å². The number of rotatable bonds is 4. The molecule has 2 heterocycles. The maximum atomic E-state index is 13.8. The molecule has 0 bridgehead atoms. The van der Waals surface area contributed by atoms with E-state index in [1.54, 1.807) is 0 Å². The third-order valence-corrected chi connectivity index (χ3v) is 8.40. The van der Waals surface area contributed by atoms with Crippen molar-refractivity contribution < 1.29 is 19.2 Å². The van der Waals surface area contributed by atoms with Gasteiger partial charge in [0.05, 0.1) is 35.0 Å². The molecule has 0 radical (unpaired) electrons. The number of anilines is 2. The molecule has 2 saturated heterocycles. The van der Waals surface area contributed by atoms with Gasteiger partial charge in [-0.1, -0.05) is 74.5 Å². The van der Waals surface area contributed by atoms with Crippen LogP contribution in [0.5, 0.6) is 0 Å². The molecule has 6 rings (SSSR count). The highest BCUT2D eigenvalue weighted by molar-refractivity contribution is 6.22. The summed E-state index contributed by atoms with van der Waals surface area (Å²) in [6, 6.07) is 15.0. The normalized spacial score (nSPS) is 30.6. The van der Waals surface area contributed by atoms with E-state index in [1.165, 1.54) is 9.80 Å². The Kier molecular flexibility index (Phi) is 5.29. The molecule has 6 nitrogen and oxygen atoms in total. The molecule has 2 aromatic rings. The highest BCUT2D eigenvalue weighted by Gasteiger charge is 2.61. The number of para-hydroxylation sites is 2. The van der Waals surface area contributed by atoms with Crippen molar-refractivity contribution in [3.63, 3.8) is 0 Å². The van der Waals surface area contributed by atoms with Crippen LogP contribution in [0.3, 0.4) is 0 Å². The van der Waals surface area contributed by atoms with Crippen molar-refractivity contribution in [3.8, 4) is 0 Å². The van der Waals surface area contributed by atoms with Crippen LogP contribution in [-0.2, 0) is 32.0 Å². The number of piperidine rings is 2. The monoisotopic (exact) mass is 480 g/mol. The van der Waals surface area contributed by atoms with Gasteiger partial charge in [-0.25, -0.2) is 9.80 Å². The maximum Gasteiger partial charge on any atom is 0.241 e. The van der Waals surface area contributed by atoms with Gasteiger partial charge in [-0.15, -0.1) is 0 Å². The molecular formula is C30H28N2O4. The quantitative estimate of drug-likeness (QED) is 0.488. The zero-order chi connectivity index (χ0) is 25.1. The first-order chi connectivity index (χ1) is 17.5. The third kappa shape index (κ3) is 3.03. The lowest BCUT2D eigenvalue weighted by Gasteiger charge is -2.53. The van der Waals surface area contributed by atoms with Crippen LogP contribution in [0.2, 0.25) is 0 Å². The Hall–Kier alpha value is -3.80. The molecule has 0 saturated carbocycles. The molecule has 4 aliphatic rings. The number of carbonyl (C=O) groups excluding carboxylic acids is 4. The second kappa shape index (κ2) is 8.40. The average molecular weight is 481 g/mol. The molecule has 2 fully saturated rings. The minimum atomic E-state index is -0.554. The maximum absolute atomic E-state index is 13.8. The predicted molar refractivity (Wildman–Crippen MR) is 136 cm³/mol. The van der Waals surface area contributed by atoms with Crippen molar-refractivity contribution in [2.45, 2.75) is 26.7 Å². The second-order valence-corrected chi connectivity index (χ2v) is 10.0. The Bertz CT molecular complexity index is 1200. The van der Waals surface area contributed by atoms with E-state index in [0.29, 0.717) is 24.2 Å². The summed E-state index contributed by atoms with van der Waals surface area (Å²) in [5.74, 6) is -4.12. The molecule has 2 aliphatic carbocycles. The fourth-order valence-corrected chi connectivity index (χ4v) is 6.73. The molecule has 36 heavy (non-hydrogen) atoms. The van der Waals surface area contributed by atoms with Gasteiger partial charge in [0.15, 0.2) is 0 Å². The summed E-state index contributed by atoms with van der Waals surface area (Å²) >= 11 is 0. The van der Waals surface area contributed by atoms with Crippen molar-refractivity contribution in [2.75, 3.05) is 9.80 Å². The van der Waals surface area contributed by atoms with E-state index in [9.17, 15) is 19.2 Å². The van der Waals surface area contributed by atoms with Crippen molar-refractivity contribution in [3.05, 3.63) is 84.0 Å². The fourth-order valence-electron chi connectivity index (χ4n) is 6.73. The minimum Gasteiger partial charge on any atom is -0.273 e. The van der Waals surface area contributed by atoms with Crippen LogP contribution in [0.4, 0.5) is 11.4 Å². The van der Waals surface area contributed by atoms with E-state index in [-0.39, 0.29) is 23.6 Å². The van der Waals surface area contributed by atoms with Gasteiger partial charge >= 0.3 is 0 Å². The first-order valence-corrected chi connectivity index (χ1v) is 12.8. The molecule has 0 aromatic heterocycles. The van der Waals surface area contributed by atoms with Gasteiger partial charge in [0, 0.05) is 0 Å². The lowest BCUT2D eigenvalue weighted by Crippen LogP contribution is -2.64. The number of hydrogen-bond donors (Lipinski definition) is 0. The Morgan fingerprint density at radius 2 is 0.833 bits per heavy atom. The minimum absolute atomic E-state index is 0.274. The SMILES string of the molecule is CCc1ccccc1N1C(=O)C2C=CC3C(=O)N(c4ccccc4CC)C(=O)C4C=CC(C1=O)C2C34. The summed E-state index contributed by atoms with van der Waals surface area (Å²) in [4.78, 5) is 57.7. The summed E-state index contributed by atoms with van der Waals surface area (Å²) < 4.78 is 0. The number of nitrogens with zero attached hydrogens (tertiary/aromatic N) is 2. The smallest absolute Gasteiger partial charge is 0.241 e. The molecule has 4 amide bonds. The van der Waals surface area contributed by atoms with E-state index in [2.05, 4.69) is 0 Å². The van der Waals surface area contributed by atoms with Crippen molar-refractivity contribution >= 4 is 35.0 Å². The van der Waals surface area contributed by atoms with E-state index >= 15 is 0 Å². The van der Waals surface area contributed by atoms with Gasteiger partial charge in [-0.05, 0) is 47.9 Å². The van der Waals surface area contributed by atoms with Gasteiger partial charge in [0.25, 0.3) is 0 Å². The number of imide groups is 2. The van der Waals surface area contributed by atoms with Crippen LogP contribution in [0, 0.1) is 35.5 Å². The van der Waals surface area contributed by atoms with E-state index in [1.807, 2.05) is 86.7 Å². The summed E-state index contributed by atoms with van der Waals surface area (Å²) in [5, 5.41) is 0. The first kappa shape index (κ1) is 22.7.